The first-order valence-electron chi connectivity index (χ1n) is 9.23. The number of hydrogen-bond acceptors (Lipinski definition) is 4. The van der Waals surface area contributed by atoms with Gasteiger partial charge in [-0.3, -0.25) is 19.3 Å². The zero-order valence-electron chi connectivity index (χ0n) is 14.9. The number of unbranched alkanes of at least 4 members (excludes halogenated alkanes) is 2. The molecule has 0 spiro atoms. The molecule has 0 unspecified atom stereocenters. The second-order valence-electron chi connectivity index (χ2n) is 6.84. The number of amides is 1. The van der Waals surface area contributed by atoms with Gasteiger partial charge in [0.25, 0.3) is 0 Å². The van der Waals surface area contributed by atoms with Crippen LogP contribution < -0.4 is 5.32 Å². The fourth-order valence-electron chi connectivity index (χ4n) is 3.17. The van der Waals surface area contributed by atoms with Gasteiger partial charge in [-0.25, -0.2) is 0 Å². The zero-order chi connectivity index (χ0) is 17.8. The van der Waals surface area contributed by atoms with Crippen LogP contribution in [0.15, 0.2) is 0 Å². The van der Waals surface area contributed by atoms with Crippen LogP contribution in [-0.2, 0) is 14.4 Å². The minimum absolute atomic E-state index is 0.00443. The van der Waals surface area contributed by atoms with E-state index in [0.717, 1.165) is 32.1 Å². The first-order chi connectivity index (χ1) is 11.5. The van der Waals surface area contributed by atoms with Crippen molar-refractivity contribution >= 4 is 17.7 Å². The summed E-state index contributed by atoms with van der Waals surface area (Å²) >= 11 is 0. The molecule has 0 bridgehead atoms. The molecule has 6 heteroatoms. The predicted molar refractivity (Wildman–Crippen MR) is 92.8 cm³/mol. The largest absolute Gasteiger partial charge is 0.480 e. The number of ketones is 1. The van der Waals surface area contributed by atoms with Crippen LogP contribution in [0.5, 0.6) is 0 Å². The molecule has 0 atom stereocenters. The Kier molecular flexibility index (Phi) is 10.3. The number of carboxylic acid groups (broad SMARTS) is 1. The lowest BCUT2D eigenvalue weighted by atomic mass is 9.89. The third-order valence-electron chi connectivity index (χ3n) is 4.50. The van der Waals surface area contributed by atoms with Gasteiger partial charge < -0.3 is 10.4 Å². The number of hydrogen-bond donors (Lipinski definition) is 2. The Balaban J connectivity index is 2.35. The highest BCUT2D eigenvalue weighted by atomic mass is 16.4. The molecule has 1 saturated carbocycles. The minimum atomic E-state index is -1.02. The zero-order valence-corrected chi connectivity index (χ0v) is 14.9. The highest BCUT2D eigenvalue weighted by Gasteiger charge is 2.19. The number of aliphatic carboxylic acids is 1. The van der Waals surface area contributed by atoms with E-state index in [1.807, 2.05) is 0 Å². The Bertz CT molecular complexity index is 406. The molecular formula is C18H32N2O4. The fourth-order valence-corrected chi connectivity index (χ4v) is 3.17. The average Bonchev–Trinajstić information content (AvgIpc) is 2.53. The summed E-state index contributed by atoms with van der Waals surface area (Å²) in [6.07, 6.45) is 9.32. The Hall–Kier alpha value is -1.43. The number of carboxylic acids is 1. The van der Waals surface area contributed by atoms with Crippen LogP contribution in [0.25, 0.3) is 0 Å². The van der Waals surface area contributed by atoms with Crippen molar-refractivity contribution in [2.24, 2.45) is 5.92 Å². The second kappa shape index (κ2) is 12.0. The van der Waals surface area contributed by atoms with Crippen LogP contribution in [0.4, 0.5) is 0 Å². The third kappa shape index (κ3) is 9.65. The maximum Gasteiger partial charge on any atom is 0.317 e. The van der Waals surface area contributed by atoms with Crippen molar-refractivity contribution in [1.82, 2.24) is 10.2 Å². The lowest BCUT2D eigenvalue weighted by Gasteiger charge is -2.23. The molecule has 0 aromatic carbocycles. The highest BCUT2D eigenvalue weighted by Crippen LogP contribution is 2.22. The van der Waals surface area contributed by atoms with Gasteiger partial charge >= 0.3 is 5.97 Å². The normalized spacial score (nSPS) is 15.4. The smallest absolute Gasteiger partial charge is 0.317 e. The van der Waals surface area contributed by atoms with Crippen LogP contribution in [0.3, 0.4) is 0 Å². The van der Waals surface area contributed by atoms with Crippen molar-refractivity contribution in [3.63, 3.8) is 0 Å². The summed E-state index contributed by atoms with van der Waals surface area (Å²) in [7, 11) is 0. The SMILES string of the molecule is CCCCCC(=O)CN(CC(=O)O)CC(=O)NCC1CCCCC1. The number of rotatable bonds is 12. The molecule has 1 rings (SSSR count). The molecule has 0 heterocycles. The molecule has 1 aliphatic rings. The van der Waals surface area contributed by atoms with Crippen LogP contribution >= 0.6 is 0 Å². The topological polar surface area (TPSA) is 86.7 Å². The summed E-state index contributed by atoms with van der Waals surface area (Å²) in [6, 6.07) is 0. The van der Waals surface area contributed by atoms with Crippen LogP contribution in [0.2, 0.25) is 0 Å². The van der Waals surface area contributed by atoms with Crippen molar-refractivity contribution in [1.29, 1.82) is 0 Å². The van der Waals surface area contributed by atoms with Gasteiger partial charge in [-0.1, -0.05) is 39.0 Å². The molecule has 2 N–H and O–H groups in total. The van der Waals surface area contributed by atoms with E-state index in [-0.39, 0.29) is 31.3 Å². The molecule has 138 valence electrons. The van der Waals surface area contributed by atoms with E-state index in [1.165, 1.54) is 24.2 Å². The number of Topliss-reactive ketones (excluding diaryl/α,β-unsaturated/α-hetero) is 1. The van der Waals surface area contributed by atoms with Crippen LogP contribution in [0, 0.1) is 5.92 Å². The van der Waals surface area contributed by atoms with Gasteiger partial charge in [0.15, 0.2) is 0 Å². The first-order valence-corrected chi connectivity index (χ1v) is 9.23. The van der Waals surface area contributed by atoms with Crippen molar-refractivity contribution in [3.8, 4) is 0 Å². The van der Waals surface area contributed by atoms with E-state index in [9.17, 15) is 14.4 Å². The highest BCUT2D eigenvalue weighted by molar-refractivity contribution is 5.83. The van der Waals surface area contributed by atoms with E-state index in [1.54, 1.807) is 0 Å². The molecule has 0 aliphatic heterocycles. The van der Waals surface area contributed by atoms with Crippen molar-refractivity contribution in [3.05, 3.63) is 0 Å². The molecule has 6 nitrogen and oxygen atoms in total. The predicted octanol–water partition coefficient (Wildman–Crippen LogP) is 2.22. The molecule has 0 aromatic rings. The lowest BCUT2D eigenvalue weighted by Crippen LogP contribution is -2.43. The Morgan fingerprint density at radius 1 is 1.04 bits per heavy atom. The van der Waals surface area contributed by atoms with Crippen molar-refractivity contribution in [2.45, 2.75) is 64.7 Å². The fraction of sp³-hybridized carbons (Fsp3) is 0.833. The standard InChI is InChI=1S/C18H32N2O4/c1-2-3-5-10-16(21)12-20(14-18(23)24)13-17(22)19-11-15-8-6-4-7-9-15/h15H,2-14H2,1H3,(H,19,22)(H,23,24). The number of nitrogens with one attached hydrogen (secondary N) is 1. The first kappa shape index (κ1) is 20.6. The summed E-state index contributed by atoms with van der Waals surface area (Å²) in [4.78, 5) is 36.4. The number of nitrogens with zero attached hydrogens (tertiary/aromatic N) is 1. The maximum atomic E-state index is 12.1. The third-order valence-corrected chi connectivity index (χ3v) is 4.50. The summed E-state index contributed by atoms with van der Waals surface area (Å²) in [5.41, 5.74) is 0. The maximum absolute atomic E-state index is 12.1. The van der Waals surface area contributed by atoms with E-state index in [2.05, 4.69) is 12.2 Å². The second-order valence-corrected chi connectivity index (χ2v) is 6.84. The van der Waals surface area contributed by atoms with Gasteiger partial charge in [0.1, 0.15) is 5.78 Å². The van der Waals surface area contributed by atoms with Crippen molar-refractivity contribution in [2.75, 3.05) is 26.2 Å². The van der Waals surface area contributed by atoms with Gasteiger partial charge in [0, 0.05) is 13.0 Å². The Labute approximate surface area is 145 Å². The summed E-state index contributed by atoms with van der Waals surface area (Å²) in [6.45, 7) is 2.45. The van der Waals surface area contributed by atoms with Gasteiger partial charge in [-0.15, -0.1) is 0 Å². The number of carbonyl (C=O) groups is 3. The molecule has 1 fully saturated rings. The summed E-state index contributed by atoms with van der Waals surface area (Å²) in [5.74, 6) is -0.671. The van der Waals surface area contributed by atoms with Crippen molar-refractivity contribution < 1.29 is 19.5 Å². The summed E-state index contributed by atoms with van der Waals surface area (Å²) < 4.78 is 0. The Morgan fingerprint density at radius 3 is 2.38 bits per heavy atom. The van der Waals surface area contributed by atoms with Crippen LogP contribution in [-0.4, -0.2) is 53.8 Å². The molecular weight excluding hydrogens is 308 g/mol. The van der Waals surface area contributed by atoms with E-state index < -0.39 is 5.97 Å². The summed E-state index contributed by atoms with van der Waals surface area (Å²) in [5, 5.41) is 11.9. The van der Waals surface area contributed by atoms with Gasteiger partial charge in [0.05, 0.1) is 19.6 Å². The minimum Gasteiger partial charge on any atom is -0.480 e. The monoisotopic (exact) mass is 340 g/mol. The Morgan fingerprint density at radius 2 is 1.75 bits per heavy atom. The lowest BCUT2D eigenvalue weighted by molar-refractivity contribution is -0.139. The molecule has 0 radical (unpaired) electrons. The van der Waals surface area contributed by atoms with E-state index >= 15 is 0 Å². The van der Waals surface area contributed by atoms with Gasteiger partial charge in [-0.05, 0) is 25.2 Å². The molecule has 0 aromatic heterocycles. The quantitative estimate of drug-likeness (QED) is 0.532. The molecule has 24 heavy (non-hydrogen) atoms. The van der Waals surface area contributed by atoms with E-state index in [0.29, 0.717) is 18.9 Å². The molecule has 1 amide bonds. The van der Waals surface area contributed by atoms with E-state index in [4.69, 9.17) is 5.11 Å². The molecule has 1 aliphatic carbocycles. The van der Waals surface area contributed by atoms with Gasteiger partial charge in [0.2, 0.25) is 5.91 Å². The molecule has 0 saturated heterocycles. The average molecular weight is 340 g/mol. The van der Waals surface area contributed by atoms with Gasteiger partial charge in [-0.2, -0.15) is 0 Å². The van der Waals surface area contributed by atoms with Crippen LogP contribution in [0.1, 0.15) is 64.7 Å². The number of carbonyl (C=O) groups excluding carboxylic acids is 2.